The molecule has 0 aliphatic heterocycles. The minimum Gasteiger partial charge on any atom is -0.437 e. The number of para-hydroxylation sites is 1. The lowest BCUT2D eigenvalue weighted by Gasteiger charge is -2.27. The van der Waals surface area contributed by atoms with E-state index in [9.17, 15) is 0 Å². The molecule has 204 valence electrons. The second-order valence-corrected chi connectivity index (χ2v) is 11.5. The lowest BCUT2D eigenvalue weighted by molar-refractivity contribution is 0.493. The van der Waals surface area contributed by atoms with Crippen molar-refractivity contribution in [3.63, 3.8) is 0 Å². The molecule has 1 atom stereocenters. The first-order chi connectivity index (χ1) is 19.2. The Balaban J connectivity index is 1.77. The number of aryl methyl sites for hydroxylation is 3. The van der Waals surface area contributed by atoms with Crippen molar-refractivity contribution < 1.29 is 4.42 Å². The molecule has 0 amide bonds. The minimum absolute atomic E-state index is 0.266. The Morgan fingerprint density at radius 1 is 0.650 bits per heavy atom. The first-order valence-electron chi connectivity index (χ1n) is 14.3. The Kier molecular flexibility index (Phi) is 7.93. The van der Waals surface area contributed by atoms with Crippen molar-refractivity contribution in [1.82, 2.24) is 4.98 Å². The predicted octanol–water partition coefficient (Wildman–Crippen LogP) is 10.4. The normalized spacial score (nSPS) is 12.2. The van der Waals surface area contributed by atoms with Crippen LogP contribution in [0.15, 0.2) is 95.4 Å². The largest absolute Gasteiger partial charge is 0.437 e. The number of nitrogens with zero attached hydrogens (tertiary/aromatic N) is 1. The van der Waals surface area contributed by atoms with Gasteiger partial charge in [-0.05, 0) is 60.4 Å². The summed E-state index contributed by atoms with van der Waals surface area (Å²) in [4.78, 5) is 5.25. The van der Waals surface area contributed by atoms with E-state index in [0.717, 1.165) is 22.6 Å². The Labute approximate surface area is 239 Å². The number of rotatable bonds is 8. The molecule has 0 radical (unpaired) electrons. The molecule has 5 rings (SSSR count). The van der Waals surface area contributed by atoms with Crippen molar-refractivity contribution in [2.45, 2.75) is 66.3 Å². The van der Waals surface area contributed by atoms with Crippen LogP contribution >= 0.6 is 0 Å². The summed E-state index contributed by atoms with van der Waals surface area (Å²) < 4.78 is 6.81. The summed E-state index contributed by atoms with van der Waals surface area (Å²) in [5.74, 6) is 2.19. The van der Waals surface area contributed by atoms with Crippen molar-refractivity contribution in [2.75, 3.05) is 5.32 Å². The molecule has 0 bridgehead atoms. The minimum atomic E-state index is -0.266. The zero-order valence-electron chi connectivity index (χ0n) is 24.7. The maximum Gasteiger partial charge on any atom is 0.222 e. The third-order valence-electron chi connectivity index (χ3n) is 7.66. The van der Waals surface area contributed by atoms with Gasteiger partial charge >= 0.3 is 0 Å². The highest BCUT2D eigenvalue weighted by molar-refractivity contribution is 5.77. The quantitative estimate of drug-likeness (QED) is 0.218. The van der Waals surface area contributed by atoms with Crippen LogP contribution < -0.4 is 5.32 Å². The van der Waals surface area contributed by atoms with Crippen molar-refractivity contribution in [2.24, 2.45) is 0 Å². The number of nitrogens with one attached hydrogen (secondary N) is 1. The first-order valence-corrected chi connectivity index (χ1v) is 14.3. The van der Waals surface area contributed by atoms with Crippen LogP contribution in [0.2, 0.25) is 0 Å². The van der Waals surface area contributed by atoms with Gasteiger partial charge in [0, 0.05) is 16.8 Å². The van der Waals surface area contributed by atoms with Crippen LogP contribution in [0.1, 0.15) is 84.8 Å². The van der Waals surface area contributed by atoms with E-state index in [2.05, 4.69) is 121 Å². The second-order valence-electron chi connectivity index (χ2n) is 11.5. The van der Waals surface area contributed by atoms with Crippen LogP contribution in [0.3, 0.4) is 0 Å². The monoisotopic (exact) mass is 528 g/mol. The van der Waals surface area contributed by atoms with Gasteiger partial charge in [-0.1, -0.05) is 124 Å². The van der Waals surface area contributed by atoms with Gasteiger partial charge in [-0.2, -0.15) is 0 Å². The van der Waals surface area contributed by atoms with Gasteiger partial charge < -0.3 is 9.73 Å². The van der Waals surface area contributed by atoms with Crippen LogP contribution in [0, 0.1) is 20.8 Å². The number of benzene rings is 4. The van der Waals surface area contributed by atoms with E-state index >= 15 is 0 Å². The van der Waals surface area contributed by atoms with Gasteiger partial charge in [-0.25, -0.2) is 4.98 Å². The van der Waals surface area contributed by atoms with Gasteiger partial charge in [0.2, 0.25) is 5.89 Å². The predicted molar refractivity (Wildman–Crippen MR) is 168 cm³/mol. The SMILES string of the molecule is Cc1cc(C)c(C(Nc2c(C(C)C)cccc2C(C)C)c2nc(-c3ccccc3)c(-c3ccccc3)o2)c(C)c1. The average molecular weight is 529 g/mol. The summed E-state index contributed by atoms with van der Waals surface area (Å²) >= 11 is 0. The lowest BCUT2D eigenvalue weighted by Crippen LogP contribution is -2.18. The molecule has 1 unspecified atom stereocenters. The second kappa shape index (κ2) is 11.6. The standard InChI is InChI=1S/C37H40N2O/c1-23(2)30-19-14-20-31(24(3)4)34(30)38-35(32-26(6)21-25(5)22-27(32)7)37-39-33(28-15-10-8-11-16-28)36(40-37)29-17-12-9-13-18-29/h8-24,35,38H,1-7H3. The fourth-order valence-corrected chi connectivity index (χ4v) is 5.80. The molecule has 4 aromatic carbocycles. The van der Waals surface area contributed by atoms with Crippen molar-refractivity contribution >= 4 is 5.69 Å². The summed E-state index contributed by atoms with van der Waals surface area (Å²) in [6.45, 7) is 15.6. The van der Waals surface area contributed by atoms with E-state index in [-0.39, 0.29) is 6.04 Å². The average Bonchev–Trinajstić information content (AvgIpc) is 3.38. The van der Waals surface area contributed by atoms with Crippen LogP contribution in [-0.4, -0.2) is 4.98 Å². The molecule has 3 heteroatoms. The van der Waals surface area contributed by atoms with E-state index in [1.54, 1.807) is 0 Å². The molecule has 0 saturated carbocycles. The van der Waals surface area contributed by atoms with E-state index in [1.807, 2.05) is 24.3 Å². The Morgan fingerprint density at radius 2 is 1.18 bits per heavy atom. The number of oxazole rings is 1. The van der Waals surface area contributed by atoms with Gasteiger partial charge in [0.05, 0.1) is 0 Å². The highest BCUT2D eigenvalue weighted by Gasteiger charge is 2.29. The number of hydrogen-bond donors (Lipinski definition) is 1. The first kappa shape index (κ1) is 27.5. The highest BCUT2D eigenvalue weighted by Crippen LogP contribution is 2.41. The molecule has 5 aromatic rings. The summed E-state index contributed by atoms with van der Waals surface area (Å²) in [5.41, 5.74) is 11.6. The molecular formula is C37H40N2O. The Hall–Kier alpha value is -4.11. The zero-order chi connectivity index (χ0) is 28.4. The number of hydrogen-bond acceptors (Lipinski definition) is 3. The number of anilines is 1. The molecule has 3 nitrogen and oxygen atoms in total. The summed E-state index contributed by atoms with van der Waals surface area (Å²) in [5, 5.41) is 4.00. The van der Waals surface area contributed by atoms with E-state index in [1.165, 1.54) is 39.1 Å². The third-order valence-corrected chi connectivity index (χ3v) is 7.66. The van der Waals surface area contributed by atoms with Gasteiger partial charge in [-0.15, -0.1) is 0 Å². The zero-order valence-corrected chi connectivity index (χ0v) is 24.7. The van der Waals surface area contributed by atoms with Gasteiger partial charge in [-0.3, -0.25) is 0 Å². The van der Waals surface area contributed by atoms with Crippen LogP contribution in [0.25, 0.3) is 22.6 Å². The van der Waals surface area contributed by atoms with E-state index in [0.29, 0.717) is 17.7 Å². The lowest BCUT2D eigenvalue weighted by atomic mass is 9.90. The highest BCUT2D eigenvalue weighted by atomic mass is 16.4. The smallest absolute Gasteiger partial charge is 0.222 e. The fourth-order valence-electron chi connectivity index (χ4n) is 5.80. The Bertz CT molecular complexity index is 1490. The molecule has 0 saturated heterocycles. The summed E-state index contributed by atoms with van der Waals surface area (Å²) in [6, 6.07) is 31.6. The van der Waals surface area contributed by atoms with E-state index < -0.39 is 0 Å². The molecule has 0 aliphatic carbocycles. The van der Waals surface area contributed by atoms with Crippen LogP contribution in [0.5, 0.6) is 0 Å². The maximum absolute atomic E-state index is 6.81. The van der Waals surface area contributed by atoms with Gasteiger partial charge in [0.1, 0.15) is 11.7 Å². The van der Waals surface area contributed by atoms with Crippen molar-refractivity contribution in [3.8, 4) is 22.6 Å². The molecule has 1 heterocycles. The van der Waals surface area contributed by atoms with Crippen LogP contribution in [-0.2, 0) is 0 Å². The third kappa shape index (κ3) is 5.47. The summed E-state index contributed by atoms with van der Waals surface area (Å²) in [7, 11) is 0. The number of aromatic nitrogens is 1. The topological polar surface area (TPSA) is 38.1 Å². The maximum atomic E-state index is 6.81. The van der Waals surface area contributed by atoms with Crippen LogP contribution in [0.4, 0.5) is 5.69 Å². The van der Waals surface area contributed by atoms with E-state index in [4.69, 9.17) is 9.40 Å². The molecule has 0 spiro atoms. The van der Waals surface area contributed by atoms with Gasteiger partial charge in [0.15, 0.2) is 5.76 Å². The molecule has 0 aliphatic rings. The van der Waals surface area contributed by atoms with Crippen molar-refractivity contribution in [1.29, 1.82) is 0 Å². The summed E-state index contributed by atoms with van der Waals surface area (Å²) in [6.07, 6.45) is 0. The Morgan fingerprint density at radius 3 is 1.70 bits per heavy atom. The molecule has 0 fully saturated rings. The molecule has 1 N–H and O–H groups in total. The molecule has 40 heavy (non-hydrogen) atoms. The van der Waals surface area contributed by atoms with Gasteiger partial charge in [0.25, 0.3) is 0 Å². The fraction of sp³-hybridized carbons (Fsp3) is 0.270. The molecular weight excluding hydrogens is 488 g/mol. The van der Waals surface area contributed by atoms with Crippen molar-refractivity contribution in [3.05, 3.63) is 130 Å². The molecule has 1 aromatic heterocycles.